The molecule has 3 rings (SSSR count). The van der Waals surface area contributed by atoms with Crippen molar-refractivity contribution in [1.82, 2.24) is 15.2 Å². The molecule has 0 bridgehead atoms. The summed E-state index contributed by atoms with van der Waals surface area (Å²) < 4.78 is 13.2. The SMILES string of the molecule is CC(=O)Nc1cccc(Nc2nncc(Nc3ccc(F)c(Cl)c3)n2)c1. The van der Waals surface area contributed by atoms with E-state index in [9.17, 15) is 9.18 Å². The van der Waals surface area contributed by atoms with Crippen LogP contribution < -0.4 is 16.0 Å². The second-order valence-electron chi connectivity index (χ2n) is 5.31. The van der Waals surface area contributed by atoms with Crippen LogP contribution in [0.4, 0.5) is 33.2 Å². The first-order valence-electron chi connectivity index (χ1n) is 7.56. The van der Waals surface area contributed by atoms with Crippen LogP contribution in [-0.4, -0.2) is 21.1 Å². The zero-order chi connectivity index (χ0) is 18.5. The summed E-state index contributed by atoms with van der Waals surface area (Å²) in [7, 11) is 0. The normalized spacial score (nSPS) is 10.3. The molecular weight excluding hydrogens is 359 g/mol. The van der Waals surface area contributed by atoms with E-state index >= 15 is 0 Å². The maximum absolute atomic E-state index is 13.2. The molecule has 3 N–H and O–H groups in total. The van der Waals surface area contributed by atoms with Crippen molar-refractivity contribution in [2.24, 2.45) is 0 Å². The first-order valence-corrected chi connectivity index (χ1v) is 7.94. The molecule has 0 saturated carbocycles. The summed E-state index contributed by atoms with van der Waals surface area (Å²) in [6.45, 7) is 1.43. The third kappa shape index (κ3) is 4.64. The summed E-state index contributed by atoms with van der Waals surface area (Å²) in [6, 6.07) is 11.3. The number of carbonyl (C=O) groups is 1. The standard InChI is InChI=1S/C17H14ClFN6O/c1-10(26)21-11-3-2-4-12(7-11)23-17-24-16(9-20-25-17)22-13-5-6-15(19)14(18)8-13/h2-9H,1H3,(H,21,26)(H2,22,23,24,25). The van der Waals surface area contributed by atoms with Gasteiger partial charge in [-0.25, -0.2) is 4.39 Å². The number of nitrogens with zero attached hydrogens (tertiary/aromatic N) is 3. The Morgan fingerprint density at radius 2 is 1.85 bits per heavy atom. The summed E-state index contributed by atoms with van der Waals surface area (Å²) in [5.74, 6) is -0.00460. The maximum Gasteiger partial charge on any atom is 0.249 e. The number of carbonyl (C=O) groups excluding carboxylic acids is 1. The van der Waals surface area contributed by atoms with Gasteiger partial charge in [0.2, 0.25) is 11.9 Å². The highest BCUT2D eigenvalue weighted by Gasteiger charge is 2.05. The monoisotopic (exact) mass is 372 g/mol. The Bertz CT molecular complexity index is 952. The Balaban J connectivity index is 1.75. The lowest BCUT2D eigenvalue weighted by Gasteiger charge is -2.09. The van der Waals surface area contributed by atoms with Gasteiger partial charge < -0.3 is 16.0 Å². The van der Waals surface area contributed by atoms with E-state index in [4.69, 9.17) is 11.6 Å². The molecule has 0 radical (unpaired) electrons. The van der Waals surface area contributed by atoms with Crippen molar-refractivity contribution in [2.75, 3.05) is 16.0 Å². The lowest BCUT2D eigenvalue weighted by atomic mass is 10.3. The fourth-order valence-corrected chi connectivity index (χ4v) is 2.33. The van der Waals surface area contributed by atoms with Crippen molar-refractivity contribution in [3.63, 3.8) is 0 Å². The number of halogens is 2. The third-order valence-electron chi connectivity index (χ3n) is 3.19. The predicted octanol–water partition coefficient (Wildman–Crippen LogP) is 4.11. The molecule has 0 unspecified atom stereocenters. The molecule has 0 aliphatic heterocycles. The quantitative estimate of drug-likeness (QED) is 0.624. The van der Waals surface area contributed by atoms with Crippen molar-refractivity contribution in [2.45, 2.75) is 6.92 Å². The number of rotatable bonds is 5. The van der Waals surface area contributed by atoms with Crippen LogP contribution in [0, 0.1) is 5.82 Å². The van der Waals surface area contributed by atoms with E-state index in [0.29, 0.717) is 22.9 Å². The molecule has 7 nitrogen and oxygen atoms in total. The molecule has 0 spiro atoms. The second kappa shape index (κ2) is 7.75. The van der Waals surface area contributed by atoms with Gasteiger partial charge in [0.05, 0.1) is 11.2 Å². The highest BCUT2D eigenvalue weighted by Crippen LogP contribution is 2.23. The molecule has 0 atom stereocenters. The summed E-state index contributed by atoms with van der Waals surface area (Å²) in [5.41, 5.74) is 1.89. The van der Waals surface area contributed by atoms with E-state index in [1.54, 1.807) is 24.3 Å². The van der Waals surface area contributed by atoms with Gasteiger partial charge >= 0.3 is 0 Å². The smallest absolute Gasteiger partial charge is 0.249 e. The van der Waals surface area contributed by atoms with E-state index in [-0.39, 0.29) is 16.9 Å². The van der Waals surface area contributed by atoms with Crippen molar-refractivity contribution in [3.05, 3.63) is 59.5 Å². The van der Waals surface area contributed by atoms with E-state index in [1.807, 2.05) is 0 Å². The van der Waals surface area contributed by atoms with Crippen molar-refractivity contribution < 1.29 is 9.18 Å². The highest BCUT2D eigenvalue weighted by molar-refractivity contribution is 6.31. The molecule has 9 heteroatoms. The Morgan fingerprint density at radius 1 is 1.08 bits per heavy atom. The van der Waals surface area contributed by atoms with Crippen molar-refractivity contribution in [1.29, 1.82) is 0 Å². The van der Waals surface area contributed by atoms with Crippen LogP contribution in [0.15, 0.2) is 48.7 Å². The lowest BCUT2D eigenvalue weighted by molar-refractivity contribution is -0.114. The fourth-order valence-electron chi connectivity index (χ4n) is 2.15. The Kier molecular flexibility index (Phi) is 5.23. The van der Waals surface area contributed by atoms with Gasteiger partial charge in [-0.05, 0) is 36.4 Å². The van der Waals surface area contributed by atoms with Crippen LogP contribution >= 0.6 is 11.6 Å². The van der Waals surface area contributed by atoms with E-state index < -0.39 is 5.82 Å². The maximum atomic E-state index is 13.2. The Morgan fingerprint density at radius 3 is 2.62 bits per heavy atom. The van der Waals surface area contributed by atoms with Gasteiger partial charge in [-0.3, -0.25) is 4.79 Å². The van der Waals surface area contributed by atoms with Crippen molar-refractivity contribution >= 4 is 46.3 Å². The summed E-state index contributed by atoms with van der Waals surface area (Å²) in [4.78, 5) is 15.4. The number of aromatic nitrogens is 3. The molecule has 2 aromatic carbocycles. The highest BCUT2D eigenvalue weighted by atomic mass is 35.5. The first-order chi connectivity index (χ1) is 12.5. The number of amides is 1. The van der Waals surface area contributed by atoms with Crippen LogP contribution in [0.1, 0.15) is 6.92 Å². The zero-order valence-corrected chi connectivity index (χ0v) is 14.4. The minimum atomic E-state index is -0.501. The van der Waals surface area contributed by atoms with Crippen LogP contribution in [0.5, 0.6) is 0 Å². The molecule has 132 valence electrons. The average Bonchev–Trinajstić information content (AvgIpc) is 2.58. The number of benzene rings is 2. The molecule has 0 aliphatic carbocycles. The van der Waals surface area contributed by atoms with E-state index in [0.717, 1.165) is 0 Å². The van der Waals surface area contributed by atoms with E-state index in [1.165, 1.54) is 31.3 Å². The van der Waals surface area contributed by atoms with Gasteiger partial charge in [-0.1, -0.05) is 17.7 Å². The lowest BCUT2D eigenvalue weighted by Crippen LogP contribution is -2.06. The van der Waals surface area contributed by atoms with Crippen LogP contribution in [0.3, 0.4) is 0 Å². The molecular formula is C17H14ClFN6O. The predicted molar refractivity (Wildman–Crippen MR) is 98.5 cm³/mol. The van der Waals surface area contributed by atoms with E-state index in [2.05, 4.69) is 31.1 Å². The molecule has 3 aromatic rings. The molecule has 0 aliphatic rings. The minimum Gasteiger partial charge on any atom is -0.339 e. The van der Waals surface area contributed by atoms with Crippen LogP contribution in [0.25, 0.3) is 0 Å². The fraction of sp³-hybridized carbons (Fsp3) is 0.0588. The summed E-state index contributed by atoms with van der Waals surface area (Å²) >= 11 is 5.76. The van der Waals surface area contributed by atoms with Gasteiger partial charge in [0.1, 0.15) is 5.82 Å². The number of hydrogen-bond acceptors (Lipinski definition) is 6. The Labute approximate surface area is 153 Å². The van der Waals surface area contributed by atoms with Crippen molar-refractivity contribution in [3.8, 4) is 0 Å². The third-order valence-corrected chi connectivity index (χ3v) is 3.48. The Hall–Kier alpha value is -3.26. The summed E-state index contributed by atoms with van der Waals surface area (Å²) in [6.07, 6.45) is 1.43. The number of nitrogens with one attached hydrogen (secondary N) is 3. The minimum absolute atomic E-state index is 0.00477. The van der Waals surface area contributed by atoms with Crippen LogP contribution in [-0.2, 0) is 4.79 Å². The van der Waals surface area contributed by atoms with Gasteiger partial charge in [0, 0.05) is 24.0 Å². The van der Waals surface area contributed by atoms with Gasteiger partial charge in [-0.2, -0.15) is 10.1 Å². The molecule has 0 saturated heterocycles. The number of anilines is 5. The summed E-state index contributed by atoms with van der Waals surface area (Å²) in [5, 5.41) is 16.5. The average molecular weight is 373 g/mol. The first kappa shape index (κ1) is 17.6. The topological polar surface area (TPSA) is 91.8 Å². The largest absolute Gasteiger partial charge is 0.339 e. The van der Waals surface area contributed by atoms with Gasteiger partial charge in [0.15, 0.2) is 5.82 Å². The zero-order valence-electron chi connectivity index (χ0n) is 13.6. The molecule has 26 heavy (non-hydrogen) atoms. The number of hydrogen-bond donors (Lipinski definition) is 3. The molecule has 1 heterocycles. The van der Waals surface area contributed by atoms with Gasteiger partial charge in [-0.15, -0.1) is 5.10 Å². The van der Waals surface area contributed by atoms with Crippen LogP contribution in [0.2, 0.25) is 5.02 Å². The molecule has 0 fully saturated rings. The molecule has 1 amide bonds. The molecule has 1 aromatic heterocycles. The second-order valence-corrected chi connectivity index (χ2v) is 5.71. The van der Waals surface area contributed by atoms with Gasteiger partial charge in [0.25, 0.3) is 0 Å².